The minimum absolute atomic E-state index is 0.192. The van der Waals surface area contributed by atoms with Crippen LogP contribution in [0.25, 0.3) is 0 Å². The number of aliphatic imine (C=N–C) groups is 1. The van der Waals surface area contributed by atoms with E-state index in [0.717, 1.165) is 29.1 Å². The lowest BCUT2D eigenvalue weighted by Gasteiger charge is -2.32. The predicted molar refractivity (Wildman–Crippen MR) is 97.7 cm³/mol. The number of aromatic nitrogens is 1. The van der Waals surface area contributed by atoms with Gasteiger partial charge in [-0.1, -0.05) is 23.9 Å². The highest BCUT2D eigenvalue weighted by Gasteiger charge is 2.41. The molecule has 0 saturated carbocycles. The van der Waals surface area contributed by atoms with Crippen molar-refractivity contribution in [2.45, 2.75) is 18.5 Å². The zero-order valence-corrected chi connectivity index (χ0v) is 14.4. The van der Waals surface area contributed by atoms with Crippen LogP contribution in [0, 0.1) is 0 Å². The third-order valence-corrected chi connectivity index (χ3v) is 5.46. The summed E-state index contributed by atoms with van der Waals surface area (Å²) >= 11 is 1.58. The maximum absolute atomic E-state index is 12.2. The molecule has 2 aliphatic rings. The maximum atomic E-state index is 12.2. The average Bonchev–Trinajstić information content (AvgIpc) is 3.02. The number of amides is 1. The van der Waals surface area contributed by atoms with Crippen LogP contribution in [0.2, 0.25) is 0 Å². The number of nitrogens with one attached hydrogen (secondary N) is 1. The van der Waals surface area contributed by atoms with Gasteiger partial charge in [-0.25, -0.2) is 0 Å². The number of carbonyl (C=O) groups excluding carboxylic acids is 1. The first-order chi connectivity index (χ1) is 12.2. The van der Waals surface area contributed by atoms with E-state index in [-0.39, 0.29) is 11.4 Å². The molecule has 1 amide bonds. The molecule has 1 aromatic carbocycles. The summed E-state index contributed by atoms with van der Waals surface area (Å²) in [5.41, 5.74) is 8.06. The summed E-state index contributed by atoms with van der Waals surface area (Å²) in [6.45, 7) is 1.06. The van der Waals surface area contributed by atoms with E-state index in [1.54, 1.807) is 36.2 Å². The first kappa shape index (κ1) is 16.0. The van der Waals surface area contributed by atoms with Crippen LogP contribution in [0.5, 0.6) is 5.75 Å². The number of nitrogens with zero attached hydrogens (tertiary/aromatic N) is 2. The predicted octanol–water partition coefficient (Wildman–Crippen LogP) is 2.05. The lowest BCUT2D eigenvalue weighted by atomic mass is 9.86. The molecule has 1 unspecified atom stereocenters. The normalized spacial score (nSPS) is 21.4. The third kappa shape index (κ3) is 3.07. The number of hydrogen-bond donors (Lipinski definition) is 2. The lowest BCUT2D eigenvalue weighted by molar-refractivity contribution is 0.0946. The number of rotatable bonds is 3. The summed E-state index contributed by atoms with van der Waals surface area (Å²) in [6.07, 6.45) is 2.42. The molecule has 1 spiro atoms. The number of amidine groups is 1. The van der Waals surface area contributed by atoms with Crippen LogP contribution in [0.15, 0.2) is 47.6 Å². The second-order valence-electron chi connectivity index (χ2n) is 6.10. The van der Waals surface area contributed by atoms with E-state index in [2.05, 4.69) is 21.4 Å². The van der Waals surface area contributed by atoms with Crippen LogP contribution >= 0.6 is 11.8 Å². The van der Waals surface area contributed by atoms with Gasteiger partial charge >= 0.3 is 0 Å². The topological polar surface area (TPSA) is 89.6 Å². The van der Waals surface area contributed by atoms with Crippen LogP contribution in [0.4, 0.5) is 0 Å². The van der Waals surface area contributed by atoms with Gasteiger partial charge in [0.05, 0.1) is 6.61 Å². The number of thioether (sulfide) groups is 1. The van der Waals surface area contributed by atoms with E-state index in [9.17, 15) is 4.79 Å². The van der Waals surface area contributed by atoms with Gasteiger partial charge in [0.1, 0.15) is 17.0 Å². The van der Waals surface area contributed by atoms with Gasteiger partial charge in [-0.3, -0.25) is 14.8 Å². The molecule has 0 saturated heterocycles. The van der Waals surface area contributed by atoms with Crippen LogP contribution in [-0.4, -0.2) is 28.4 Å². The summed E-state index contributed by atoms with van der Waals surface area (Å²) in [5.74, 6) is 1.49. The second-order valence-corrected chi connectivity index (χ2v) is 7.09. The molecule has 0 aliphatic carbocycles. The molecule has 2 aliphatic heterocycles. The number of fused-ring (bicyclic) bond motifs is 2. The van der Waals surface area contributed by atoms with Crippen molar-refractivity contribution in [3.63, 3.8) is 0 Å². The molecule has 0 fully saturated rings. The molecule has 0 bridgehead atoms. The van der Waals surface area contributed by atoms with Crippen LogP contribution < -0.4 is 15.8 Å². The molecular weight excluding hydrogens is 336 g/mol. The summed E-state index contributed by atoms with van der Waals surface area (Å²) in [5, 5.41) is 3.53. The molecule has 3 N–H and O–H groups in total. The summed E-state index contributed by atoms with van der Waals surface area (Å²) in [4.78, 5) is 20.9. The Morgan fingerprint density at radius 1 is 1.36 bits per heavy atom. The molecule has 128 valence electrons. The van der Waals surface area contributed by atoms with E-state index in [1.165, 1.54) is 0 Å². The minimum Gasteiger partial charge on any atom is -0.493 e. The number of benzene rings is 1. The smallest absolute Gasteiger partial charge is 0.270 e. The Labute approximate surface area is 149 Å². The van der Waals surface area contributed by atoms with E-state index in [1.807, 2.05) is 12.1 Å². The van der Waals surface area contributed by atoms with Gasteiger partial charge in [0, 0.05) is 30.5 Å². The van der Waals surface area contributed by atoms with Gasteiger partial charge < -0.3 is 15.8 Å². The Bertz CT molecular complexity index is 840. The number of carbonyl (C=O) groups is 1. The van der Waals surface area contributed by atoms with Crippen LogP contribution in [0.1, 0.15) is 28.0 Å². The number of pyridine rings is 1. The van der Waals surface area contributed by atoms with Crippen molar-refractivity contribution in [3.8, 4) is 5.75 Å². The Hall–Kier alpha value is -2.54. The quantitative estimate of drug-likeness (QED) is 0.880. The van der Waals surface area contributed by atoms with Gasteiger partial charge in [-0.05, 0) is 29.8 Å². The van der Waals surface area contributed by atoms with Crippen LogP contribution in [-0.2, 0) is 12.1 Å². The standard InChI is InChI=1S/C18H18N4O2S/c19-17-22-18(11-25-17)6-8-24-15-5-4-12(9-13(15)18)10-21-16(23)14-3-1-2-7-20-14/h1-5,7,9H,6,8,10-11H2,(H2,19,22)(H,21,23). The maximum Gasteiger partial charge on any atom is 0.270 e. The summed E-state index contributed by atoms with van der Waals surface area (Å²) < 4.78 is 5.78. The van der Waals surface area contributed by atoms with Gasteiger partial charge in [-0.15, -0.1) is 0 Å². The second kappa shape index (κ2) is 6.40. The van der Waals surface area contributed by atoms with Gasteiger partial charge in [0.2, 0.25) is 0 Å². The van der Waals surface area contributed by atoms with Gasteiger partial charge in [-0.2, -0.15) is 0 Å². The Balaban J connectivity index is 1.55. The highest BCUT2D eigenvalue weighted by atomic mass is 32.2. The summed E-state index contributed by atoms with van der Waals surface area (Å²) in [7, 11) is 0. The zero-order valence-electron chi connectivity index (χ0n) is 13.6. The van der Waals surface area contributed by atoms with Crippen molar-refractivity contribution in [1.29, 1.82) is 0 Å². The molecule has 2 aromatic rings. The number of nitrogens with two attached hydrogens (primary N) is 1. The third-order valence-electron chi connectivity index (χ3n) is 4.45. The molecule has 25 heavy (non-hydrogen) atoms. The Morgan fingerprint density at radius 3 is 3.04 bits per heavy atom. The molecule has 1 atom stereocenters. The first-order valence-corrected chi connectivity index (χ1v) is 9.08. The van der Waals surface area contributed by atoms with Crippen molar-refractivity contribution in [2.75, 3.05) is 12.4 Å². The van der Waals surface area contributed by atoms with E-state index < -0.39 is 0 Å². The molecule has 1 aromatic heterocycles. The molecule has 0 radical (unpaired) electrons. The van der Waals surface area contributed by atoms with Crippen molar-refractivity contribution in [2.24, 2.45) is 10.7 Å². The zero-order chi connectivity index (χ0) is 17.3. The highest BCUT2D eigenvalue weighted by molar-refractivity contribution is 8.14. The molecule has 4 rings (SSSR count). The minimum atomic E-state index is -0.302. The number of hydrogen-bond acceptors (Lipinski definition) is 6. The van der Waals surface area contributed by atoms with E-state index in [0.29, 0.717) is 24.0 Å². The Morgan fingerprint density at radius 2 is 2.28 bits per heavy atom. The SMILES string of the molecule is NC1=NC2(CCOc3ccc(CNC(=O)c4ccccn4)cc32)CS1. The molecule has 6 nitrogen and oxygen atoms in total. The lowest BCUT2D eigenvalue weighted by Crippen LogP contribution is -2.32. The van der Waals surface area contributed by atoms with Crippen molar-refractivity contribution in [3.05, 3.63) is 59.4 Å². The van der Waals surface area contributed by atoms with E-state index in [4.69, 9.17) is 10.5 Å². The highest BCUT2D eigenvalue weighted by Crippen LogP contribution is 2.45. The number of ether oxygens (including phenoxy) is 1. The molecule has 7 heteroatoms. The van der Waals surface area contributed by atoms with E-state index >= 15 is 0 Å². The van der Waals surface area contributed by atoms with Gasteiger partial charge in [0.25, 0.3) is 5.91 Å². The van der Waals surface area contributed by atoms with Crippen molar-refractivity contribution < 1.29 is 9.53 Å². The molecule has 3 heterocycles. The van der Waals surface area contributed by atoms with Gasteiger partial charge in [0.15, 0.2) is 5.17 Å². The fraction of sp³-hybridized carbons (Fsp3) is 0.278. The van der Waals surface area contributed by atoms with Crippen molar-refractivity contribution in [1.82, 2.24) is 10.3 Å². The average molecular weight is 354 g/mol. The first-order valence-electron chi connectivity index (χ1n) is 8.10. The fourth-order valence-corrected chi connectivity index (χ4v) is 4.14. The van der Waals surface area contributed by atoms with Crippen LogP contribution in [0.3, 0.4) is 0 Å². The summed E-state index contributed by atoms with van der Waals surface area (Å²) in [6, 6.07) is 11.3. The fourth-order valence-electron chi connectivity index (χ4n) is 3.15. The van der Waals surface area contributed by atoms with Crippen molar-refractivity contribution >= 4 is 22.8 Å². The largest absolute Gasteiger partial charge is 0.493 e. The monoisotopic (exact) mass is 354 g/mol. The molecular formula is C18H18N4O2S. The Kier molecular flexibility index (Phi) is 4.09.